The smallest absolute Gasteiger partial charge is 0.132 e. The number of hydrogen-bond acceptors (Lipinski definition) is 3. The second kappa shape index (κ2) is 11.2. The van der Waals surface area contributed by atoms with Crippen molar-refractivity contribution in [3.63, 3.8) is 0 Å². The van der Waals surface area contributed by atoms with E-state index in [4.69, 9.17) is 9.47 Å². The Hall–Kier alpha value is -0.410. The molecular formula is C19H38O3. The lowest BCUT2D eigenvalue weighted by Crippen LogP contribution is -2.21. The Labute approximate surface area is 138 Å². The normalized spacial score (nSPS) is 12.6. The molecule has 0 heterocycles. The van der Waals surface area contributed by atoms with Gasteiger partial charge in [0.05, 0.1) is 11.2 Å². The van der Waals surface area contributed by atoms with E-state index < -0.39 is 0 Å². The van der Waals surface area contributed by atoms with E-state index in [1.54, 1.807) is 14.2 Å². The lowest BCUT2D eigenvalue weighted by Gasteiger charge is -2.22. The van der Waals surface area contributed by atoms with Crippen molar-refractivity contribution < 1.29 is 14.3 Å². The Bertz CT molecular complexity index is 267. The van der Waals surface area contributed by atoms with Gasteiger partial charge in [-0.15, -0.1) is 0 Å². The first kappa shape index (κ1) is 21.6. The van der Waals surface area contributed by atoms with E-state index in [-0.39, 0.29) is 11.2 Å². The predicted octanol–water partition coefficient (Wildman–Crippen LogP) is 5.31. The highest BCUT2D eigenvalue weighted by atomic mass is 16.5. The summed E-state index contributed by atoms with van der Waals surface area (Å²) in [5, 5.41) is 0. The third kappa shape index (κ3) is 12.2. The number of unbranched alkanes of at least 4 members (excludes halogenated alkanes) is 4. The number of ketones is 1. The van der Waals surface area contributed by atoms with E-state index in [0.29, 0.717) is 5.78 Å². The largest absolute Gasteiger partial charge is 0.379 e. The zero-order valence-corrected chi connectivity index (χ0v) is 15.8. The van der Waals surface area contributed by atoms with E-state index in [0.717, 1.165) is 64.2 Å². The highest BCUT2D eigenvalue weighted by Crippen LogP contribution is 2.19. The molecule has 3 heteroatoms. The highest BCUT2D eigenvalue weighted by Gasteiger charge is 2.16. The van der Waals surface area contributed by atoms with E-state index in [1.807, 2.05) is 0 Å². The third-order valence-corrected chi connectivity index (χ3v) is 4.57. The maximum Gasteiger partial charge on any atom is 0.132 e. The van der Waals surface area contributed by atoms with E-state index in [9.17, 15) is 4.79 Å². The molecular weight excluding hydrogens is 276 g/mol. The summed E-state index contributed by atoms with van der Waals surface area (Å²) in [6, 6.07) is 0. The first-order valence-electron chi connectivity index (χ1n) is 8.84. The Kier molecular flexibility index (Phi) is 11.0. The van der Waals surface area contributed by atoms with Crippen molar-refractivity contribution >= 4 is 5.78 Å². The van der Waals surface area contributed by atoms with Crippen LogP contribution in [0.4, 0.5) is 0 Å². The second-order valence-electron chi connectivity index (χ2n) is 7.59. The first-order chi connectivity index (χ1) is 10.2. The molecule has 0 saturated carbocycles. The molecule has 0 unspecified atom stereocenters. The van der Waals surface area contributed by atoms with Crippen LogP contribution in [0, 0.1) is 0 Å². The summed E-state index contributed by atoms with van der Waals surface area (Å²) in [6.07, 6.45) is 10.2. The van der Waals surface area contributed by atoms with Crippen molar-refractivity contribution in [2.45, 2.75) is 103 Å². The fourth-order valence-electron chi connectivity index (χ4n) is 2.43. The lowest BCUT2D eigenvalue weighted by molar-refractivity contribution is -0.119. The van der Waals surface area contributed by atoms with Crippen LogP contribution in [0.3, 0.4) is 0 Å². The van der Waals surface area contributed by atoms with Gasteiger partial charge in [0.15, 0.2) is 0 Å². The molecule has 0 aliphatic rings. The summed E-state index contributed by atoms with van der Waals surface area (Å²) in [5.74, 6) is 0.428. The maximum atomic E-state index is 11.8. The molecule has 132 valence electrons. The topological polar surface area (TPSA) is 35.5 Å². The number of carbonyl (C=O) groups is 1. The van der Waals surface area contributed by atoms with Gasteiger partial charge in [0, 0.05) is 27.1 Å². The molecule has 0 aromatic rings. The van der Waals surface area contributed by atoms with E-state index in [2.05, 4.69) is 27.7 Å². The Balaban J connectivity index is 3.48. The molecule has 0 saturated heterocycles. The van der Waals surface area contributed by atoms with Gasteiger partial charge >= 0.3 is 0 Å². The van der Waals surface area contributed by atoms with Gasteiger partial charge in [-0.1, -0.05) is 25.7 Å². The highest BCUT2D eigenvalue weighted by molar-refractivity contribution is 5.78. The van der Waals surface area contributed by atoms with Gasteiger partial charge in [0.25, 0.3) is 0 Å². The summed E-state index contributed by atoms with van der Waals surface area (Å²) in [5.41, 5.74) is -0.0556. The summed E-state index contributed by atoms with van der Waals surface area (Å²) < 4.78 is 10.8. The summed E-state index contributed by atoms with van der Waals surface area (Å²) in [4.78, 5) is 11.8. The van der Waals surface area contributed by atoms with Crippen LogP contribution in [0.5, 0.6) is 0 Å². The minimum atomic E-state index is -0.0278. The molecule has 0 radical (unpaired) electrons. The van der Waals surface area contributed by atoms with Crippen molar-refractivity contribution in [3.05, 3.63) is 0 Å². The van der Waals surface area contributed by atoms with Gasteiger partial charge in [0.2, 0.25) is 0 Å². The van der Waals surface area contributed by atoms with Crippen LogP contribution in [-0.4, -0.2) is 31.2 Å². The summed E-state index contributed by atoms with van der Waals surface area (Å²) in [6.45, 7) is 8.46. The average molecular weight is 315 g/mol. The second-order valence-corrected chi connectivity index (χ2v) is 7.59. The molecule has 0 amide bonds. The van der Waals surface area contributed by atoms with Gasteiger partial charge < -0.3 is 9.47 Å². The molecule has 0 bridgehead atoms. The molecule has 0 spiro atoms. The van der Waals surface area contributed by atoms with Gasteiger partial charge in [-0.2, -0.15) is 0 Å². The minimum Gasteiger partial charge on any atom is -0.379 e. The quantitative estimate of drug-likeness (QED) is 0.408. The maximum absolute atomic E-state index is 11.8. The molecule has 0 atom stereocenters. The SMILES string of the molecule is COC(C)(C)CCCCCC(=O)CCCCCC(C)(C)OC. The van der Waals surface area contributed by atoms with E-state index in [1.165, 1.54) is 0 Å². The predicted molar refractivity (Wildman–Crippen MR) is 93.4 cm³/mol. The fourth-order valence-corrected chi connectivity index (χ4v) is 2.43. The number of methoxy groups -OCH3 is 2. The average Bonchev–Trinajstić information content (AvgIpc) is 2.46. The fraction of sp³-hybridized carbons (Fsp3) is 0.947. The van der Waals surface area contributed by atoms with Gasteiger partial charge in [0.1, 0.15) is 5.78 Å². The molecule has 0 aromatic carbocycles. The Morgan fingerprint density at radius 1 is 0.682 bits per heavy atom. The zero-order valence-electron chi connectivity index (χ0n) is 15.8. The van der Waals surface area contributed by atoms with Gasteiger partial charge in [-0.05, 0) is 53.4 Å². The zero-order chi connectivity index (χ0) is 17.1. The Morgan fingerprint density at radius 2 is 1.05 bits per heavy atom. The summed E-state index contributed by atoms with van der Waals surface area (Å²) >= 11 is 0. The monoisotopic (exact) mass is 314 g/mol. The number of carbonyl (C=O) groups excluding carboxylic acids is 1. The Morgan fingerprint density at radius 3 is 1.36 bits per heavy atom. The first-order valence-corrected chi connectivity index (χ1v) is 8.84. The van der Waals surface area contributed by atoms with Crippen molar-refractivity contribution in [2.24, 2.45) is 0 Å². The molecule has 3 nitrogen and oxygen atoms in total. The minimum absolute atomic E-state index is 0.0278. The third-order valence-electron chi connectivity index (χ3n) is 4.57. The number of hydrogen-bond donors (Lipinski definition) is 0. The van der Waals surface area contributed by atoms with Crippen molar-refractivity contribution in [2.75, 3.05) is 14.2 Å². The van der Waals surface area contributed by atoms with Crippen LogP contribution in [0.25, 0.3) is 0 Å². The number of ether oxygens (including phenoxy) is 2. The molecule has 0 aromatic heterocycles. The lowest BCUT2D eigenvalue weighted by atomic mass is 9.97. The van der Waals surface area contributed by atoms with Crippen LogP contribution < -0.4 is 0 Å². The molecule has 0 aliphatic carbocycles. The molecule has 0 fully saturated rings. The molecule has 0 aliphatic heterocycles. The van der Waals surface area contributed by atoms with Crippen LogP contribution >= 0.6 is 0 Å². The molecule has 0 rings (SSSR count). The van der Waals surface area contributed by atoms with Gasteiger partial charge in [-0.3, -0.25) is 4.79 Å². The van der Waals surface area contributed by atoms with Gasteiger partial charge in [-0.25, -0.2) is 0 Å². The van der Waals surface area contributed by atoms with Crippen molar-refractivity contribution in [1.82, 2.24) is 0 Å². The number of Topliss-reactive ketones (excluding diaryl/α,β-unsaturated/α-hetero) is 1. The van der Waals surface area contributed by atoms with Crippen molar-refractivity contribution in [3.8, 4) is 0 Å². The van der Waals surface area contributed by atoms with Crippen LogP contribution in [-0.2, 0) is 14.3 Å². The van der Waals surface area contributed by atoms with Crippen LogP contribution in [0.15, 0.2) is 0 Å². The molecule has 22 heavy (non-hydrogen) atoms. The molecule has 0 N–H and O–H groups in total. The van der Waals surface area contributed by atoms with Crippen LogP contribution in [0.1, 0.15) is 91.9 Å². The number of rotatable bonds is 14. The summed E-state index contributed by atoms with van der Waals surface area (Å²) in [7, 11) is 3.52. The van der Waals surface area contributed by atoms with Crippen LogP contribution in [0.2, 0.25) is 0 Å². The van der Waals surface area contributed by atoms with Crippen molar-refractivity contribution in [1.29, 1.82) is 0 Å². The standard InChI is InChI=1S/C19H38O3/c1-18(2,21-5)15-11-7-9-13-17(20)14-10-8-12-16-19(3,4)22-6/h7-16H2,1-6H3. The van der Waals surface area contributed by atoms with E-state index >= 15 is 0 Å².